The first-order chi connectivity index (χ1) is 20.7. The van der Waals surface area contributed by atoms with Crippen molar-refractivity contribution in [2.75, 3.05) is 19.8 Å². The summed E-state index contributed by atoms with van der Waals surface area (Å²) in [5, 5.41) is 9.93. The molecule has 0 spiro atoms. The van der Waals surface area contributed by atoms with E-state index < -0.39 is 5.97 Å². The number of rotatable bonds is 31. The van der Waals surface area contributed by atoms with Crippen molar-refractivity contribution in [3.8, 4) is 17.2 Å². The Balaban J connectivity index is 2.70. The Morgan fingerprint density at radius 3 is 1.19 bits per heavy atom. The first-order valence-corrected chi connectivity index (χ1v) is 17.9. The number of carbonyl (C=O) groups is 1. The van der Waals surface area contributed by atoms with E-state index in [0.717, 1.165) is 38.5 Å². The third-order valence-electron chi connectivity index (χ3n) is 8.05. The zero-order valence-corrected chi connectivity index (χ0v) is 27.8. The van der Waals surface area contributed by atoms with Gasteiger partial charge >= 0.3 is 5.97 Å². The fourth-order valence-electron chi connectivity index (χ4n) is 5.35. The highest BCUT2D eigenvalue weighted by Crippen LogP contribution is 2.41. The van der Waals surface area contributed by atoms with Crippen LogP contribution in [0.2, 0.25) is 0 Å². The summed E-state index contributed by atoms with van der Waals surface area (Å²) in [6.07, 6.45) is 29.4. The number of ether oxygens (including phenoxy) is 3. The second-order valence-electron chi connectivity index (χ2n) is 12.0. The number of aromatic carboxylic acids is 1. The fraction of sp³-hybridized carbons (Fsp3) is 0.811. The predicted molar refractivity (Wildman–Crippen MR) is 178 cm³/mol. The molecule has 244 valence electrons. The van der Waals surface area contributed by atoms with Gasteiger partial charge in [-0.1, -0.05) is 156 Å². The lowest BCUT2D eigenvalue weighted by molar-refractivity contribution is 0.0690. The summed E-state index contributed by atoms with van der Waals surface area (Å²) in [5.41, 5.74) is 0.153. The summed E-state index contributed by atoms with van der Waals surface area (Å²) in [6.45, 7) is 8.38. The van der Waals surface area contributed by atoms with Crippen LogP contribution in [-0.2, 0) is 0 Å². The van der Waals surface area contributed by atoms with Gasteiger partial charge in [0.15, 0.2) is 11.5 Å². The van der Waals surface area contributed by atoms with E-state index in [9.17, 15) is 9.90 Å². The van der Waals surface area contributed by atoms with E-state index in [4.69, 9.17) is 14.2 Å². The molecule has 0 amide bonds. The molecule has 0 saturated carbocycles. The Labute approximate surface area is 259 Å². The molecule has 0 atom stereocenters. The van der Waals surface area contributed by atoms with E-state index in [1.165, 1.54) is 116 Å². The molecule has 0 aliphatic rings. The molecule has 0 unspecified atom stereocenters. The predicted octanol–water partition coefficient (Wildman–Crippen LogP) is 11.9. The average molecular weight is 591 g/mol. The van der Waals surface area contributed by atoms with Crippen LogP contribution in [0.4, 0.5) is 0 Å². The van der Waals surface area contributed by atoms with Gasteiger partial charge in [0.2, 0.25) is 5.75 Å². The monoisotopic (exact) mass is 590 g/mol. The minimum Gasteiger partial charge on any atom is -0.490 e. The van der Waals surface area contributed by atoms with Gasteiger partial charge in [0.25, 0.3) is 0 Å². The van der Waals surface area contributed by atoms with Crippen LogP contribution in [0.25, 0.3) is 0 Å². The van der Waals surface area contributed by atoms with Crippen molar-refractivity contribution in [2.24, 2.45) is 0 Å². The number of hydrogen-bond acceptors (Lipinski definition) is 4. The highest BCUT2D eigenvalue weighted by atomic mass is 16.5. The van der Waals surface area contributed by atoms with Crippen LogP contribution in [0.15, 0.2) is 12.1 Å². The highest BCUT2D eigenvalue weighted by Gasteiger charge is 2.22. The Bertz CT molecular complexity index is 763. The van der Waals surface area contributed by atoms with E-state index >= 15 is 0 Å². The number of carboxylic acids is 1. The quantitative estimate of drug-likeness (QED) is 0.0871. The van der Waals surface area contributed by atoms with Crippen LogP contribution in [-0.4, -0.2) is 30.9 Å². The fourth-order valence-corrected chi connectivity index (χ4v) is 5.35. The van der Waals surface area contributed by atoms with Crippen molar-refractivity contribution in [3.63, 3.8) is 0 Å². The molecule has 5 nitrogen and oxygen atoms in total. The van der Waals surface area contributed by atoms with Crippen molar-refractivity contribution in [3.05, 3.63) is 17.7 Å². The van der Waals surface area contributed by atoms with E-state index in [1.54, 1.807) is 12.1 Å². The van der Waals surface area contributed by atoms with Gasteiger partial charge in [-0.15, -0.1) is 0 Å². The molecule has 1 N–H and O–H groups in total. The zero-order valence-electron chi connectivity index (χ0n) is 27.8. The van der Waals surface area contributed by atoms with E-state index in [1.807, 2.05) is 0 Å². The van der Waals surface area contributed by atoms with Gasteiger partial charge in [-0.3, -0.25) is 0 Å². The highest BCUT2D eigenvalue weighted by molar-refractivity contribution is 5.92. The smallest absolute Gasteiger partial charge is 0.339 e. The standard InChI is InChI=1S/C37H66O5/c1-4-7-10-13-16-19-22-25-30-40-34-29-28-33(37(38)39)35(41-31-26-23-20-17-14-11-8-5-2)36(34)42-32-27-24-21-18-15-12-9-6-3/h28-29H,4-27,30-32H2,1-3H3,(H,38,39). The first-order valence-electron chi connectivity index (χ1n) is 17.9. The van der Waals surface area contributed by atoms with Gasteiger partial charge in [-0.05, 0) is 31.4 Å². The molecular formula is C37H66O5. The molecule has 0 bridgehead atoms. The van der Waals surface area contributed by atoms with Gasteiger partial charge in [0.1, 0.15) is 5.56 Å². The lowest BCUT2D eigenvalue weighted by Crippen LogP contribution is -2.10. The molecule has 0 heterocycles. The van der Waals surface area contributed by atoms with Crippen molar-refractivity contribution in [2.45, 2.75) is 175 Å². The minimum absolute atomic E-state index is 0.153. The van der Waals surface area contributed by atoms with Gasteiger partial charge < -0.3 is 19.3 Å². The number of benzene rings is 1. The Morgan fingerprint density at radius 2 is 0.810 bits per heavy atom. The van der Waals surface area contributed by atoms with Gasteiger partial charge in [0, 0.05) is 0 Å². The largest absolute Gasteiger partial charge is 0.490 e. The summed E-state index contributed by atoms with van der Waals surface area (Å²) in [4.78, 5) is 12.1. The van der Waals surface area contributed by atoms with Gasteiger partial charge in [-0.25, -0.2) is 4.79 Å². The summed E-state index contributed by atoms with van der Waals surface area (Å²) in [5.74, 6) is 0.413. The molecule has 42 heavy (non-hydrogen) atoms. The normalized spacial score (nSPS) is 11.1. The first kappa shape index (κ1) is 38.1. The molecule has 0 aliphatic carbocycles. The molecule has 0 aliphatic heterocycles. The SMILES string of the molecule is CCCCCCCCCCOc1ccc(C(=O)O)c(OCCCCCCCCCC)c1OCCCCCCCCCC. The van der Waals surface area contributed by atoms with Crippen LogP contribution in [0.5, 0.6) is 17.2 Å². The number of hydrogen-bond donors (Lipinski definition) is 1. The van der Waals surface area contributed by atoms with Crippen molar-refractivity contribution >= 4 is 5.97 Å². The van der Waals surface area contributed by atoms with Crippen LogP contribution in [0, 0.1) is 0 Å². The molecule has 0 radical (unpaired) electrons. The molecule has 0 aromatic heterocycles. The maximum atomic E-state index is 12.1. The van der Waals surface area contributed by atoms with E-state index in [2.05, 4.69) is 20.8 Å². The minimum atomic E-state index is -0.993. The van der Waals surface area contributed by atoms with E-state index in [0.29, 0.717) is 37.1 Å². The third-order valence-corrected chi connectivity index (χ3v) is 8.05. The summed E-state index contributed by atoms with van der Waals surface area (Å²) in [7, 11) is 0. The van der Waals surface area contributed by atoms with Crippen LogP contribution in [0.1, 0.15) is 185 Å². The van der Waals surface area contributed by atoms with Gasteiger partial charge in [-0.2, -0.15) is 0 Å². The second kappa shape index (κ2) is 27.9. The van der Waals surface area contributed by atoms with Crippen molar-refractivity contribution in [1.29, 1.82) is 0 Å². The average Bonchev–Trinajstić information content (AvgIpc) is 2.99. The second-order valence-corrected chi connectivity index (χ2v) is 12.0. The summed E-state index contributed by atoms with van der Waals surface area (Å²) < 4.78 is 18.6. The van der Waals surface area contributed by atoms with Crippen LogP contribution >= 0.6 is 0 Å². The summed E-state index contributed by atoms with van der Waals surface area (Å²) in [6, 6.07) is 3.36. The molecule has 0 saturated heterocycles. The van der Waals surface area contributed by atoms with Gasteiger partial charge in [0.05, 0.1) is 19.8 Å². The zero-order chi connectivity index (χ0) is 30.5. The van der Waals surface area contributed by atoms with Crippen LogP contribution in [0.3, 0.4) is 0 Å². The van der Waals surface area contributed by atoms with Crippen molar-refractivity contribution in [1.82, 2.24) is 0 Å². The molecule has 1 aromatic rings. The van der Waals surface area contributed by atoms with Crippen LogP contribution < -0.4 is 14.2 Å². The molecule has 5 heteroatoms. The molecule has 1 aromatic carbocycles. The summed E-state index contributed by atoms with van der Waals surface area (Å²) >= 11 is 0. The third kappa shape index (κ3) is 19.3. The Kier molecular flexibility index (Phi) is 25.3. The lowest BCUT2D eigenvalue weighted by Gasteiger charge is -2.19. The number of carboxylic acid groups (broad SMARTS) is 1. The Hall–Kier alpha value is -1.91. The molecule has 1 rings (SSSR count). The number of unbranched alkanes of at least 4 members (excludes halogenated alkanes) is 21. The Morgan fingerprint density at radius 1 is 0.476 bits per heavy atom. The maximum Gasteiger partial charge on any atom is 0.339 e. The lowest BCUT2D eigenvalue weighted by atomic mass is 10.1. The maximum absolute atomic E-state index is 12.1. The molecular weight excluding hydrogens is 524 g/mol. The van der Waals surface area contributed by atoms with Crippen molar-refractivity contribution < 1.29 is 24.1 Å². The molecule has 0 fully saturated rings. The van der Waals surface area contributed by atoms with E-state index in [-0.39, 0.29) is 5.56 Å². The topological polar surface area (TPSA) is 65.0 Å².